The Labute approximate surface area is 90.8 Å². The van der Waals surface area contributed by atoms with Gasteiger partial charge in [-0.1, -0.05) is 0 Å². The summed E-state index contributed by atoms with van der Waals surface area (Å²) in [6, 6.07) is -0.0464. The second-order valence-corrected chi connectivity index (χ2v) is 6.20. The standard InChI is InChI=1S/C9H19NO4S/c1-15(11,12)6-2-3-8(10)7-9-13-4-5-14-9/h8-9H,2-7,10H2,1H3. The molecule has 1 heterocycles. The Morgan fingerprint density at radius 1 is 1.40 bits per heavy atom. The van der Waals surface area contributed by atoms with Crippen LogP contribution in [0, 0.1) is 0 Å². The van der Waals surface area contributed by atoms with Gasteiger partial charge in [0.05, 0.1) is 13.2 Å². The van der Waals surface area contributed by atoms with Crippen LogP contribution in [0.5, 0.6) is 0 Å². The summed E-state index contributed by atoms with van der Waals surface area (Å²) in [4.78, 5) is 0. The third kappa shape index (κ3) is 6.09. The Morgan fingerprint density at radius 3 is 2.53 bits per heavy atom. The van der Waals surface area contributed by atoms with Crippen LogP contribution < -0.4 is 5.73 Å². The van der Waals surface area contributed by atoms with Gasteiger partial charge in [0, 0.05) is 24.5 Å². The highest BCUT2D eigenvalue weighted by Gasteiger charge is 2.19. The number of hydrogen-bond acceptors (Lipinski definition) is 5. The fourth-order valence-corrected chi connectivity index (χ4v) is 2.21. The quantitative estimate of drug-likeness (QED) is 0.698. The first-order valence-electron chi connectivity index (χ1n) is 5.14. The lowest BCUT2D eigenvalue weighted by Crippen LogP contribution is -2.27. The van der Waals surface area contributed by atoms with Crippen molar-refractivity contribution in [3.8, 4) is 0 Å². The molecule has 0 spiro atoms. The van der Waals surface area contributed by atoms with E-state index in [0.717, 1.165) is 0 Å². The lowest BCUT2D eigenvalue weighted by molar-refractivity contribution is -0.0509. The highest BCUT2D eigenvalue weighted by molar-refractivity contribution is 7.90. The molecule has 1 unspecified atom stereocenters. The van der Waals surface area contributed by atoms with Crippen LogP contribution in [-0.4, -0.2) is 46.0 Å². The molecule has 0 bridgehead atoms. The molecule has 5 nitrogen and oxygen atoms in total. The Balaban J connectivity index is 2.10. The SMILES string of the molecule is CS(=O)(=O)CCCC(N)CC1OCCO1. The van der Waals surface area contributed by atoms with Gasteiger partial charge in [0.2, 0.25) is 0 Å². The van der Waals surface area contributed by atoms with Crippen LogP contribution in [0.1, 0.15) is 19.3 Å². The minimum absolute atomic E-state index is 0.0464. The van der Waals surface area contributed by atoms with Crippen LogP contribution in [0.25, 0.3) is 0 Å². The number of hydrogen-bond donors (Lipinski definition) is 1. The van der Waals surface area contributed by atoms with Crippen molar-refractivity contribution in [1.29, 1.82) is 0 Å². The molecule has 6 heteroatoms. The van der Waals surface area contributed by atoms with Crippen LogP contribution in [-0.2, 0) is 19.3 Å². The number of rotatable bonds is 6. The topological polar surface area (TPSA) is 78.6 Å². The predicted octanol–water partition coefficient (Wildman–Crippen LogP) is -0.0985. The predicted molar refractivity (Wildman–Crippen MR) is 57.2 cm³/mol. The molecule has 2 N–H and O–H groups in total. The fraction of sp³-hybridized carbons (Fsp3) is 1.00. The van der Waals surface area contributed by atoms with Crippen molar-refractivity contribution in [3.63, 3.8) is 0 Å². The van der Waals surface area contributed by atoms with Crippen molar-refractivity contribution in [2.45, 2.75) is 31.6 Å². The first kappa shape index (κ1) is 12.9. The maximum Gasteiger partial charge on any atom is 0.159 e. The van der Waals surface area contributed by atoms with Gasteiger partial charge in [-0.05, 0) is 12.8 Å². The van der Waals surface area contributed by atoms with Crippen LogP contribution in [0.4, 0.5) is 0 Å². The lowest BCUT2D eigenvalue weighted by atomic mass is 10.1. The molecule has 0 amide bonds. The summed E-state index contributed by atoms with van der Waals surface area (Å²) in [5.41, 5.74) is 5.83. The third-order valence-corrected chi connectivity index (χ3v) is 3.31. The molecular formula is C9H19NO4S. The maximum absolute atomic E-state index is 10.9. The molecule has 1 fully saturated rings. The molecule has 15 heavy (non-hydrogen) atoms. The summed E-state index contributed by atoms with van der Waals surface area (Å²) in [5, 5.41) is 0. The smallest absolute Gasteiger partial charge is 0.159 e. The van der Waals surface area contributed by atoms with Gasteiger partial charge in [-0.25, -0.2) is 8.42 Å². The van der Waals surface area contributed by atoms with Crippen molar-refractivity contribution in [2.75, 3.05) is 25.2 Å². The number of ether oxygens (including phenoxy) is 2. The Bertz CT molecular complexity index is 272. The Hall–Kier alpha value is -0.170. The average molecular weight is 237 g/mol. The minimum atomic E-state index is -2.87. The van der Waals surface area contributed by atoms with Crippen LogP contribution in [0.15, 0.2) is 0 Å². The van der Waals surface area contributed by atoms with Gasteiger partial charge >= 0.3 is 0 Å². The second kappa shape index (κ2) is 5.79. The maximum atomic E-state index is 10.9. The van der Waals surface area contributed by atoms with E-state index in [2.05, 4.69) is 0 Å². The van der Waals surface area contributed by atoms with Gasteiger partial charge in [0.1, 0.15) is 9.84 Å². The van der Waals surface area contributed by atoms with Gasteiger partial charge in [-0.15, -0.1) is 0 Å². The highest BCUT2D eigenvalue weighted by atomic mass is 32.2. The lowest BCUT2D eigenvalue weighted by Gasteiger charge is -2.15. The molecule has 0 aromatic carbocycles. The van der Waals surface area contributed by atoms with E-state index in [0.29, 0.717) is 32.5 Å². The minimum Gasteiger partial charge on any atom is -0.350 e. The first-order chi connectivity index (χ1) is 6.97. The van der Waals surface area contributed by atoms with E-state index >= 15 is 0 Å². The average Bonchev–Trinajstić information content (AvgIpc) is 2.54. The van der Waals surface area contributed by atoms with E-state index < -0.39 is 9.84 Å². The van der Waals surface area contributed by atoms with Gasteiger partial charge in [-0.2, -0.15) is 0 Å². The summed E-state index contributed by atoms with van der Waals surface area (Å²) < 4.78 is 32.2. The van der Waals surface area contributed by atoms with E-state index in [1.165, 1.54) is 6.26 Å². The van der Waals surface area contributed by atoms with Gasteiger partial charge in [-0.3, -0.25) is 0 Å². The van der Waals surface area contributed by atoms with Gasteiger partial charge in [0.25, 0.3) is 0 Å². The number of sulfone groups is 1. The molecule has 1 aliphatic rings. The molecule has 0 aromatic heterocycles. The zero-order valence-corrected chi connectivity index (χ0v) is 9.83. The zero-order chi connectivity index (χ0) is 11.3. The van der Waals surface area contributed by atoms with Crippen molar-refractivity contribution in [1.82, 2.24) is 0 Å². The highest BCUT2D eigenvalue weighted by Crippen LogP contribution is 2.12. The van der Waals surface area contributed by atoms with Crippen LogP contribution in [0.2, 0.25) is 0 Å². The summed E-state index contributed by atoms with van der Waals surface area (Å²) in [6.07, 6.45) is 2.98. The molecule has 0 aliphatic carbocycles. The molecule has 90 valence electrons. The molecule has 0 saturated carbocycles. The van der Waals surface area contributed by atoms with Crippen molar-refractivity contribution < 1.29 is 17.9 Å². The Kier molecular flexibility index (Phi) is 4.98. The van der Waals surface area contributed by atoms with Crippen LogP contribution in [0.3, 0.4) is 0 Å². The monoisotopic (exact) mass is 237 g/mol. The molecule has 0 aromatic rings. The van der Waals surface area contributed by atoms with Crippen molar-refractivity contribution >= 4 is 9.84 Å². The van der Waals surface area contributed by atoms with E-state index in [4.69, 9.17) is 15.2 Å². The second-order valence-electron chi connectivity index (χ2n) is 3.94. The third-order valence-electron chi connectivity index (χ3n) is 2.28. The summed E-state index contributed by atoms with van der Waals surface area (Å²) >= 11 is 0. The number of nitrogens with two attached hydrogens (primary N) is 1. The first-order valence-corrected chi connectivity index (χ1v) is 7.20. The molecule has 0 radical (unpaired) electrons. The molecular weight excluding hydrogens is 218 g/mol. The van der Waals surface area contributed by atoms with E-state index in [-0.39, 0.29) is 18.1 Å². The molecule has 1 rings (SSSR count). The summed E-state index contributed by atoms with van der Waals surface area (Å²) in [5.74, 6) is 0.201. The normalized spacial score (nSPS) is 20.7. The summed E-state index contributed by atoms with van der Waals surface area (Å²) in [7, 11) is -2.87. The molecule has 1 saturated heterocycles. The van der Waals surface area contributed by atoms with Crippen LogP contribution >= 0.6 is 0 Å². The van der Waals surface area contributed by atoms with Crippen molar-refractivity contribution in [2.24, 2.45) is 5.73 Å². The van der Waals surface area contributed by atoms with E-state index in [9.17, 15) is 8.42 Å². The van der Waals surface area contributed by atoms with E-state index in [1.54, 1.807) is 0 Å². The zero-order valence-electron chi connectivity index (χ0n) is 9.02. The summed E-state index contributed by atoms with van der Waals surface area (Å²) in [6.45, 7) is 1.25. The Morgan fingerprint density at radius 2 is 2.00 bits per heavy atom. The van der Waals surface area contributed by atoms with E-state index in [1.807, 2.05) is 0 Å². The fourth-order valence-electron chi connectivity index (χ4n) is 1.52. The largest absolute Gasteiger partial charge is 0.350 e. The van der Waals surface area contributed by atoms with Gasteiger partial charge < -0.3 is 15.2 Å². The molecule has 1 atom stereocenters. The molecule has 1 aliphatic heterocycles. The van der Waals surface area contributed by atoms with Crippen molar-refractivity contribution in [3.05, 3.63) is 0 Å². The van der Waals surface area contributed by atoms with Gasteiger partial charge in [0.15, 0.2) is 6.29 Å².